The van der Waals surface area contributed by atoms with Crippen LogP contribution < -0.4 is 29.4 Å². The summed E-state index contributed by atoms with van der Waals surface area (Å²) in [5.41, 5.74) is 0. The second kappa shape index (κ2) is 13.7. The molecule has 0 amide bonds. The van der Waals surface area contributed by atoms with Crippen LogP contribution in [0.15, 0.2) is 0 Å². The van der Waals surface area contributed by atoms with Gasteiger partial charge in [0.2, 0.25) is 0 Å². The molecule has 0 fully saturated rings. The Balaban J connectivity index is -0.0000000400. The van der Waals surface area contributed by atoms with Crippen LogP contribution in [0, 0.1) is 71.2 Å². The van der Waals surface area contributed by atoms with Crippen molar-refractivity contribution in [2.45, 2.75) is 0 Å². The number of hydrogen-bond acceptors (Lipinski definition) is 9. The molecule has 0 aliphatic heterocycles. The summed E-state index contributed by atoms with van der Waals surface area (Å²) in [6.07, 6.45) is 0. The van der Waals surface area contributed by atoms with E-state index in [2.05, 4.69) is 0 Å². The Kier molecular flexibility index (Phi) is 25.7. The van der Waals surface area contributed by atoms with Gasteiger partial charge in [-0.1, -0.05) is 0 Å². The van der Waals surface area contributed by atoms with Crippen molar-refractivity contribution >= 4 is 23.5 Å². The number of hydrogen-bond donors (Lipinski definition) is 3. The fraction of sp³-hybridized carbons (Fsp3) is 0. The van der Waals surface area contributed by atoms with Crippen molar-refractivity contribution in [3.05, 3.63) is 0 Å². The molecule has 17 heteroatoms. The second-order valence-electron chi connectivity index (χ2n) is 1.41. The molecule has 17 heavy (non-hydrogen) atoms. The van der Waals surface area contributed by atoms with E-state index in [0.717, 1.165) is 0 Å². The third-order valence-corrected chi connectivity index (χ3v) is 0. The minimum atomic E-state index is -5.14. The molecule has 96 valence electrons. The molecule has 0 aromatic carbocycles. The van der Waals surface area contributed by atoms with Gasteiger partial charge in [0.05, 0.1) is 23.5 Å². The molecule has 0 aliphatic rings. The van der Waals surface area contributed by atoms with Gasteiger partial charge in [0.25, 0.3) is 0 Å². The molecule has 0 unspecified atom stereocenters. The van der Waals surface area contributed by atoms with Gasteiger partial charge in [0, 0.05) is 0 Å². The van der Waals surface area contributed by atoms with Crippen molar-refractivity contribution in [2.75, 3.05) is 0 Å². The van der Waals surface area contributed by atoms with E-state index in [0.29, 0.717) is 0 Å². The van der Waals surface area contributed by atoms with Gasteiger partial charge in [0.1, 0.15) is 0 Å². The maximum absolute atomic E-state index is 8.66. The molecule has 0 saturated heterocycles. The zero-order valence-electron chi connectivity index (χ0n) is 7.51. The van der Waals surface area contributed by atoms with Crippen molar-refractivity contribution < 1.29 is 129 Å². The average molecular weight is 566 g/mol. The van der Waals surface area contributed by atoms with E-state index in [1.54, 1.807) is 0 Å². The molecule has 0 heterocycles. The van der Waals surface area contributed by atoms with E-state index in [9.17, 15) is 0 Å². The van der Waals surface area contributed by atoms with Gasteiger partial charge >= 0.3 is 71.2 Å². The fourth-order valence-corrected chi connectivity index (χ4v) is 0. The summed E-state index contributed by atoms with van der Waals surface area (Å²) >= 11 is 0. The summed E-state index contributed by atoms with van der Waals surface area (Å²) in [6, 6.07) is 0. The van der Waals surface area contributed by atoms with Crippen LogP contribution in [0.3, 0.4) is 0 Å². The first kappa shape index (κ1) is 31.9. The first-order valence-corrected chi connectivity index (χ1v) is 6.73. The maximum atomic E-state index is 8.66. The van der Waals surface area contributed by atoms with E-state index in [4.69, 9.17) is 57.7 Å². The molecule has 0 radical (unpaired) electrons. The van der Waals surface area contributed by atoms with Crippen LogP contribution >= 0.6 is 23.5 Å². The fourth-order valence-electron chi connectivity index (χ4n) is 0. The van der Waals surface area contributed by atoms with Gasteiger partial charge in [0.15, 0.2) is 0 Å². The summed E-state index contributed by atoms with van der Waals surface area (Å²) in [7, 11) is -15.4. The summed E-state index contributed by atoms with van der Waals surface area (Å²) in [4.78, 5) is 72.9. The predicted octanol–water partition coefficient (Wildman–Crippen LogP) is -6.58. The van der Waals surface area contributed by atoms with Crippen LogP contribution in [-0.4, -0.2) is 14.7 Å². The molecule has 12 nitrogen and oxygen atoms in total. The number of phosphoric acid groups is 3. The minimum Gasteiger partial charge on any atom is -0.790 e. The average Bonchev–Trinajstić information content (AvgIpc) is 1.41. The molecule has 0 atom stereocenters. The Morgan fingerprint density at radius 1 is 0.529 bits per heavy atom. The van der Waals surface area contributed by atoms with Crippen molar-refractivity contribution in [1.29, 1.82) is 0 Å². The Hall–Kier alpha value is 2.72. The standard InChI is InChI=1S/2La.3H3O4P/c;;3*1-5(2,3)4/h;;3*(H3,1,2,3,4)/q2*+3;;;/p-6. The maximum Gasteiger partial charge on any atom is 3.00 e. The van der Waals surface area contributed by atoms with Crippen molar-refractivity contribution in [3.63, 3.8) is 0 Å². The zero-order chi connectivity index (χ0) is 13.5. The summed E-state index contributed by atoms with van der Waals surface area (Å²) in [6.45, 7) is 0. The van der Waals surface area contributed by atoms with E-state index < -0.39 is 23.5 Å². The second-order valence-corrected chi connectivity index (χ2v) is 4.22. The van der Waals surface area contributed by atoms with Crippen molar-refractivity contribution in [2.24, 2.45) is 0 Å². The molecular formula is H3La2O12P3. The smallest absolute Gasteiger partial charge is 0.790 e. The van der Waals surface area contributed by atoms with Gasteiger partial charge in [-0.05, 0) is 0 Å². The molecule has 0 bridgehead atoms. The molecule has 0 saturated carbocycles. The normalized spacial score (nSPS) is 10.4. The van der Waals surface area contributed by atoms with Gasteiger partial charge in [-0.15, -0.1) is 0 Å². The molecule has 3 N–H and O–H groups in total. The molecule has 0 aromatic rings. The van der Waals surface area contributed by atoms with E-state index in [1.165, 1.54) is 0 Å². The van der Waals surface area contributed by atoms with E-state index in [-0.39, 0.29) is 71.2 Å². The summed E-state index contributed by atoms with van der Waals surface area (Å²) in [5, 5.41) is 0. The first-order valence-electron chi connectivity index (χ1n) is 2.24. The third-order valence-electron chi connectivity index (χ3n) is 0. The van der Waals surface area contributed by atoms with Gasteiger partial charge in [-0.2, -0.15) is 0 Å². The van der Waals surface area contributed by atoms with Crippen LogP contribution in [0.1, 0.15) is 0 Å². The Bertz CT molecular complexity index is 206. The first-order chi connectivity index (χ1) is 6.00. The Labute approximate surface area is 150 Å². The summed E-state index contributed by atoms with van der Waals surface area (Å²) in [5.74, 6) is 0. The topological polar surface area (TPSA) is 250 Å². The van der Waals surface area contributed by atoms with Gasteiger partial charge in [-0.3, -0.25) is 0 Å². The van der Waals surface area contributed by atoms with Crippen molar-refractivity contribution in [1.82, 2.24) is 0 Å². The van der Waals surface area contributed by atoms with Crippen LogP contribution in [-0.2, 0) is 13.7 Å². The molecular weight excluding hydrogens is 563 g/mol. The third kappa shape index (κ3) is 708. The SMILES string of the molecule is O=P([O-])([O-])O.O=P([O-])([O-])O.O=P([O-])([O-])O.[La+3].[La+3]. The van der Waals surface area contributed by atoms with Crippen LogP contribution in [0.25, 0.3) is 0 Å². The molecule has 0 aliphatic carbocycles. The van der Waals surface area contributed by atoms with Crippen molar-refractivity contribution in [3.8, 4) is 0 Å². The molecule has 0 aromatic heterocycles. The van der Waals surface area contributed by atoms with E-state index >= 15 is 0 Å². The Morgan fingerprint density at radius 3 is 0.529 bits per heavy atom. The van der Waals surface area contributed by atoms with Gasteiger partial charge in [-0.25, -0.2) is 0 Å². The molecule has 0 spiro atoms. The van der Waals surface area contributed by atoms with Crippen LogP contribution in [0.4, 0.5) is 0 Å². The summed E-state index contributed by atoms with van der Waals surface area (Å²) < 4.78 is 26.0. The van der Waals surface area contributed by atoms with Crippen LogP contribution in [0.5, 0.6) is 0 Å². The number of rotatable bonds is 0. The van der Waals surface area contributed by atoms with Crippen LogP contribution in [0.2, 0.25) is 0 Å². The van der Waals surface area contributed by atoms with E-state index in [1.807, 2.05) is 0 Å². The Morgan fingerprint density at radius 2 is 0.529 bits per heavy atom. The molecule has 0 rings (SSSR count). The zero-order valence-corrected chi connectivity index (χ0v) is 17.4. The minimum absolute atomic E-state index is 0. The quantitative estimate of drug-likeness (QED) is 0.232. The largest absolute Gasteiger partial charge is 3.00 e. The van der Waals surface area contributed by atoms with Gasteiger partial charge < -0.3 is 57.7 Å². The monoisotopic (exact) mass is 566 g/mol. The predicted molar refractivity (Wildman–Crippen MR) is 29.5 cm³/mol.